The van der Waals surface area contributed by atoms with Crippen LogP contribution in [0.5, 0.6) is 0 Å². The van der Waals surface area contributed by atoms with Crippen LogP contribution < -0.4 is 5.32 Å². The Morgan fingerprint density at radius 2 is 1.68 bits per heavy atom. The predicted octanol–water partition coefficient (Wildman–Crippen LogP) is 5.13. The highest BCUT2D eigenvalue weighted by Crippen LogP contribution is 2.15. The number of hydrogen-bond acceptors (Lipinski definition) is 5. The lowest BCUT2D eigenvalue weighted by molar-refractivity contribution is 0.0635. The van der Waals surface area contributed by atoms with Crippen LogP contribution in [0.15, 0.2) is 82.3 Å². The standard InChI is InChI=1S/C26H25N3O4S/c1-26(2,3)33-25(31)28-22-10-8-9-19(16-22)13-14-20-15-21(18-27-17-20)24(30)29-34(4,32)23-11-6-5-7-12-23/h5-12,15-18H,1-4H3,(H,28,31)/t34-/m0/s1. The number of hydrogen-bond donors (Lipinski definition) is 1. The summed E-state index contributed by atoms with van der Waals surface area (Å²) in [5, 5.41) is 2.67. The molecule has 0 saturated heterocycles. The number of carbonyl (C=O) groups excluding carboxylic acids is 2. The molecule has 0 saturated carbocycles. The molecule has 174 valence electrons. The van der Waals surface area contributed by atoms with Crippen molar-refractivity contribution in [2.75, 3.05) is 11.6 Å². The zero-order chi connectivity index (χ0) is 24.8. The van der Waals surface area contributed by atoms with Crippen molar-refractivity contribution in [2.45, 2.75) is 31.3 Å². The maximum atomic E-state index is 12.9. The summed E-state index contributed by atoms with van der Waals surface area (Å²) in [5.74, 6) is 5.30. The highest BCUT2D eigenvalue weighted by Gasteiger charge is 2.16. The van der Waals surface area contributed by atoms with Gasteiger partial charge in [0.25, 0.3) is 5.91 Å². The summed E-state index contributed by atoms with van der Waals surface area (Å²) in [5.41, 5.74) is 1.28. The quantitative estimate of drug-likeness (QED) is 0.530. The van der Waals surface area contributed by atoms with Gasteiger partial charge in [-0.1, -0.05) is 36.1 Å². The minimum atomic E-state index is -2.89. The molecule has 1 N–H and O–H groups in total. The Labute approximate surface area is 199 Å². The molecule has 8 heteroatoms. The summed E-state index contributed by atoms with van der Waals surface area (Å²) >= 11 is 0. The van der Waals surface area contributed by atoms with Gasteiger partial charge < -0.3 is 4.74 Å². The summed E-state index contributed by atoms with van der Waals surface area (Å²) in [6.45, 7) is 5.36. The Bertz CT molecular complexity index is 1390. The van der Waals surface area contributed by atoms with Crippen LogP contribution in [-0.4, -0.2) is 33.1 Å². The third-order valence-corrected chi connectivity index (χ3v) is 5.94. The number of aromatic nitrogens is 1. The van der Waals surface area contributed by atoms with E-state index in [1.165, 1.54) is 18.6 Å². The maximum absolute atomic E-state index is 12.9. The van der Waals surface area contributed by atoms with Gasteiger partial charge in [-0.05, 0) is 57.2 Å². The lowest BCUT2D eigenvalue weighted by Crippen LogP contribution is -2.27. The normalized spacial score (nSPS) is 12.5. The topological polar surface area (TPSA) is 97.7 Å². The van der Waals surface area contributed by atoms with Crippen molar-refractivity contribution < 1.29 is 18.5 Å². The van der Waals surface area contributed by atoms with Crippen molar-refractivity contribution in [3.05, 3.63) is 89.7 Å². The molecule has 34 heavy (non-hydrogen) atoms. The molecule has 0 aliphatic rings. The molecular formula is C26H25N3O4S. The van der Waals surface area contributed by atoms with Crippen molar-refractivity contribution in [3.8, 4) is 11.8 Å². The minimum absolute atomic E-state index is 0.192. The van der Waals surface area contributed by atoms with Gasteiger partial charge in [0.05, 0.1) is 15.3 Å². The van der Waals surface area contributed by atoms with Crippen LogP contribution in [0.3, 0.4) is 0 Å². The van der Waals surface area contributed by atoms with Gasteiger partial charge in [0.1, 0.15) is 5.60 Å². The number of rotatable bonds is 3. The van der Waals surface area contributed by atoms with Crippen molar-refractivity contribution in [2.24, 2.45) is 4.36 Å². The van der Waals surface area contributed by atoms with E-state index < -0.39 is 27.3 Å². The molecule has 0 unspecified atom stereocenters. The van der Waals surface area contributed by atoms with E-state index in [2.05, 4.69) is 26.5 Å². The second-order valence-corrected chi connectivity index (χ2v) is 10.7. The Hall–Kier alpha value is -3.96. The predicted molar refractivity (Wildman–Crippen MR) is 132 cm³/mol. The molecule has 0 aliphatic carbocycles. The molecular weight excluding hydrogens is 450 g/mol. The first-order valence-electron chi connectivity index (χ1n) is 10.4. The summed E-state index contributed by atoms with van der Waals surface area (Å²) in [7, 11) is -2.89. The number of nitrogens with one attached hydrogen (secondary N) is 1. The first kappa shape index (κ1) is 24.7. The van der Waals surface area contributed by atoms with E-state index in [-0.39, 0.29) is 5.56 Å². The molecule has 0 aliphatic heterocycles. The van der Waals surface area contributed by atoms with Gasteiger partial charge in [-0.3, -0.25) is 15.1 Å². The van der Waals surface area contributed by atoms with Gasteiger partial charge in [-0.15, -0.1) is 0 Å². The molecule has 2 aromatic carbocycles. The average Bonchev–Trinajstić information content (AvgIpc) is 2.77. The van der Waals surface area contributed by atoms with E-state index in [0.717, 1.165) is 0 Å². The van der Waals surface area contributed by atoms with Crippen molar-refractivity contribution >= 4 is 27.4 Å². The SMILES string of the molecule is CC(C)(C)OC(=O)Nc1cccc(C#Cc2cncc(C(=O)N=[S@@](C)(=O)c3ccccc3)c2)c1. The summed E-state index contributed by atoms with van der Waals surface area (Å²) in [4.78, 5) is 29.1. The van der Waals surface area contributed by atoms with E-state index in [9.17, 15) is 13.8 Å². The van der Waals surface area contributed by atoms with E-state index in [0.29, 0.717) is 21.7 Å². The van der Waals surface area contributed by atoms with Crippen LogP contribution in [-0.2, 0) is 14.5 Å². The van der Waals surface area contributed by atoms with Gasteiger partial charge in [-0.25, -0.2) is 9.00 Å². The fourth-order valence-electron chi connectivity index (χ4n) is 2.80. The van der Waals surface area contributed by atoms with Gasteiger partial charge in [-0.2, -0.15) is 4.36 Å². The number of anilines is 1. The van der Waals surface area contributed by atoms with Crippen LogP contribution in [0.1, 0.15) is 42.3 Å². The monoisotopic (exact) mass is 475 g/mol. The molecule has 7 nitrogen and oxygen atoms in total. The summed E-state index contributed by atoms with van der Waals surface area (Å²) < 4.78 is 22.1. The fraction of sp³-hybridized carbons (Fsp3) is 0.192. The molecule has 0 spiro atoms. The Balaban J connectivity index is 1.78. The van der Waals surface area contributed by atoms with Crippen molar-refractivity contribution in [3.63, 3.8) is 0 Å². The van der Waals surface area contributed by atoms with E-state index in [4.69, 9.17) is 4.74 Å². The molecule has 3 rings (SSSR count). The van der Waals surface area contributed by atoms with Gasteiger partial charge in [0, 0.05) is 40.4 Å². The molecule has 0 bridgehead atoms. The number of ether oxygens (including phenoxy) is 1. The van der Waals surface area contributed by atoms with E-state index in [1.807, 2.05) is 0 Å². The Kier molecular flexibility index (Phi) is 7.49. The molecule has 2 amide bonds. The van der Waals surface area contributed by atoms with Gasteiger partial charge in [0.2, 0.25) is 0 Å². The first-order chi connectivity index (χ1) is 16.0. The van der Waals surface area contributed by atoms with E-state index in [1.54, 1.807) is 81.4 Å². The number of benzene rings is 2. The van der Waals surface area contributed by atoms with Crippen LogP contribution in [0.4, 0.5) is 10.5 Å². The highest BCUT2D eigenvalue weighted by molar-refractivity contribution is 7.93. The second kappa shape index (κ2) is 10.3. The third-order valence-electron chi connectivity index (χ3n) is 4.28. The van der Waals surface area contributed by atoms with Crippen LogP contribution in [0, 0.1) is 11.8 Å². The minimum Gasteiger partial charge on any atom is -0.444 e. The number of nitrogens with zero attached hydrogens (tertiary/aromatic N) is 2. The van der Waals surface area contributed by atoms with Crippen LogP contribution >= 0.6 is 0 Å². The van der Waals surface area contributed by atoms with Crippen molar-refractivity contribution in [1.29, 1.82) is 0 Å². The first-order valence-corrected chi connectivity index (χ1v) is 12.3. The van der Waals surface area contributed by atoms with Crippen molar-refractivity contribution in [1.82, 2.24) is 4.98 Å². The van der Waals surface area contributed by atoms with E-state index >= 15 is 0 Å². The molecule has 1 heterocycles. The molecule has 1 atom stereocenters. The summed E-state index contributed by atoms with van der Waals surface area (Å²) in [6.07, 6.45) is 3.76. The molecule has 3 aromatic rings. The Morgan fingerprint density at radius 3 is 2.38 bits per heavy atom. The van der Waals surface area contributed by atoms with Crippen LogP contribution in [0.25, 0.3) is 0 Å². The fourth-order valence-corrected chi connectivity index (χ4v) is 3.99. The number of pyridine rings is 1. The average molecular weight is 476 g/mol. The summed E-state index contributed by atoms with van der Waals surface area (Å²) in [6, 6.07) is 17.2. The number of carbonyl (C=O) groups is 2. The number of amides is 2. The lowest BCUT2D eigenvalue weighted by atomic mass is 10.1. The smallest absolute Gasteiger partial charge is 0.412 e. The van der Waals surface area contributed by atoms with Gasteiger partial charge in [0.15, 0.2) is 0 Å². The maximum Gasteiger partial charge on any atom is 0.412 e. The largest absolute Gasteiger partial charge is 0.444 e. The molecule has 0 radical (unpaired) electrons. The lowest BCUT2D eigenvalue weighted by Gasteiger charge is -2.19. The third kappa shape index (κ3) is 7.29. The van der Waals surface area contributed by atoms with Crippen LogP contribution in [0.2, 0.25) is 0 Å². The zero-order valence-corrected chi connectivity index (χ0v) is 20.2. The molecule has 0 fully saturated rings. The van der Waals surface area contributed by atoms with Gasteiger partial charge >= 0.3 is 6.09 Å². The molecule has 1 aromatic heterocycles. The Morgan fingerprint density at radius 1 is 0.971 bits per heavy atom. The zero-order valence-electron chi connectivity index (χ0n) is 19.4. The second-order valence-electron chi connectivity index (χ2n) is 8.43. The highest BCUT2D eigenvalue weighted by atomic mass is 32.2.